The quantitative estimate of drug-likeness (QED) is 0.201. The van der Waals surface area contributed by atoms with Gasteiger partial charge in [0.05, 0.1) is 12.2 Å². The van der Waals surface area contributed by atoms with Crippen LogP contribution in [-0.4, -0.2) is 19.9 Å². The van der Waals surface area contributed by atoms with Crippen LogP contribution >= 0.6 is 0 Å². The molecule has 4 aromatic rings. The lowest BCUT2D eigenvalue weighted by Gasteiger charge is -2.12. The summed E-state index contributed by atoms with van der Waals surface area (Å²) in [6, 6.07) is 9.97. The number of rotatable bonds is 8. The van der Waals surface area contributed by atoms with Gasteiger partial charge in [0.1, 0.15) is 5.82 Å². The summed E-state index contributed by atoms with van der Waals surface area (Å²) in [5, 5.41) is 5.55. The number of nitrogens with zero attached hydrogens (tertiary/aromatic N) is 4. The molecule has 0 spiro atoms. The minimum atomic E-state index is -2.34. The lowest BCUT2D eigenvalue weighted by Crippen LogP contribution is -2.12. The number of anilines is 2. The molecule has 180 valence electrons. The van der Waals surface area contributed by atoms with Crippen LogP contribution in [0.3, 0.4) is 0 Å². The predicted octanol–water partition coefficient (Wildman–Crippen LogP) is 5.12. The molecule has 2 aromatic heterocycles. The summed E-state index contributed by atoms with van der Waals surface area (Å²) in [5.41, 5.74) is 1.10. The van der Waals surface area contributed by atoms with Gasteiger partial charge in [0.25, 0.3) is 0 Å². The van der Waals surface area contributed by atoms with Crippen LogP contribution in [-0.2, 0) is 13.1 Å². The molecule has 0 saturated heterocycles. The zero-order valence-corrected chi connectivity index (χ0v) is 17.5. The molecule has 0 aliphatic heterocycles. The van der Waals surface area contributed by atoms with Crippen molar-refractivity contribution in [3.05, 3.63) is 94.8 Å². The molecular weight excluding hydrogens is 478 g/mol. The van der Waals surface area contributed by atoms with Crippen molar-refractivity contribution >= 4 is 11.9 Å². The molecule has 0 amide bonds. The van der Waals surface area contributed by atoms with E-state index < -0.39 is 46.7 Å². The summed E-state index contributed by atoms with van der Waals surface area (Å²) >= 11 is 0. The summed E-state index contributed by atoms with van der Waals surface area (Å²) in [4.78, 5) is 15.8. The van der Waals surface area contributed by atoms with E-state index in [0.29, 0.717) is 11.3 Å². The van der Waals surface area contributed by atoms with Crippen molar-refractivity contribution < 1.29 is 31.1 Å². The summed E-state index contributed by atoms with van der Waals surface area (Å²) in [7, 11) is 0. The zero-order chi connectivity index (χ0) is 24.9. The van der Waals surface area contributed by atoms with E-state index in [1.54, 1.807) is 30.5 Å². The van der Waals surface area contributed by atoms with Gasteiger partial charge in [0.2, 0.25) is 46.7 Å². The fourth-order valence-electron chi connectivity index (χ4n) is 2.83. The Bertz CT molecular complexity index is 1330. The molecule has 2 heterocycles. The van der Waals surface area contributed by atoms with Gasteiger partial charge in [-0.2, -0.15) is 23.7 Å². The van der Waals surface area contributed by atoms with Crippen LogP contribution in [0, 0.1) is 34.9 Å². The fourth-order valence-corrected chi connectivity index (χ4v) is 2.83. The molecule has 2 aromatic carbocycles. The van der Waals surface area contributed by atoms with Crippen molar-refractivity contribution in [3.63, 3.8) is 0 Å². The largest absolute Gasteiger partial charge is 0.418 e. The zero-order valence-electron chi connectivity index (χ0n) is 17.5. The summed E-state index contributed by atoms with van der Waals surface area (Å²) in [5.74, 6) is -13.5. The maximum Gasteiger partial charge on any atom is 0.328 e. The Morgan fingerprint density at radius 1 is 0.686 bits per heavy atom. The molecule has 0 bridgehead atoms. The Morgan fingerprint density at radius 2 is 1.34 bits per heavy atom. The Hall–Kier alpha value is -4.42. The average molecular weight is 492 g/mol. The number of pyridine rings is 1. The van der Waals surface area contributed by atoms with Crippen LogP contribution in [0.25, 0.3) is 0 Å². The molecule has 0 aliphatic rings. The fraction of sp³-hybridized carbons (Fsp3) is 0.0909. The normalized spacial score (nSPS) is 10.8. The highest BCUT2D eigenvalue weighted by molar-refractivity contribution is 5.39. The molecule has 0 saturated carbocycles. The number of benzene rings is 2. The number of aromatic nitrogens is 4. The van der Waals surface area contributed by atoms with Gasteiger partial charge in [-0.15, -0.1) is 0 Å². The first-order valence-corrected chi connectivity index (χ1v) is 9.89. The van der Waals surface area contributed by atoms with Gasteiger partial charge in [-0.25, -0.2) is 17.6 Å². The van der Waals surface area contributed by atoms with E-state index in [-0.39, 0.29) is 25.0 Å². The highest BCUT2D eigenvalue weighted by Crippen LogP contribution is 2.32. The smallest absolute Gasteiger partial charge is 0.328 e. The lowest BCUT2D eigenvalue weighted by atomic mass is 10.2. The van der Waals surface area contributed by atoms with E-state index in [0.717, 1.165) is 0 Å². The Kier molecular flexibility index (Phi) is 6.94. The first-order valence-electron chi connectivity index (χ1n) is 9.89. The maximum atomic E-state index is 14.1. The maximum absolute atomic E-state index is 14.1. The van der Waals surface area contributed by atoms with Crippen LogP contribution < -0.4 is 15.4 Å². The van der Waals surface area contributed by atoms with Crippen molar-refractivity contribution in [3.8, 4) is 11.8 Å². The third-order valence-corrected chi connectivity index (χ3v) is 4.47. The molecule has 0 atom stereocenters. The van der Waals surface area contributed by atoms with Gasteiger partial charge in [-0.05, 0) is 29.8 Å². The van der Waals surface area contributed by atoms with Gasteiger partial charge in [-0.1, -0.05) is 18.2 Å². The topological polar surface area (TPSA) is 84.9 Å². The third-order valence-electron chi connectivity index (χ3n) is 4.47. The lowest BCUT2D eigenvalue weighted by molar-refractivity contribution is 0.322. The Balaban J connectivity index is 1.64. The molecular formula is C22H14F6N6O. The van der Waals surface area contributed by atoms with Gasteiger partial charge < -0.3 is 15.4 Å². The number of hydrogen-bond donors (Lipinski definition) is 2. The molecule has 0 aliphatic carbocycles. The summed E-state index contributed by atoms with van der Waals surface area (Å²) < 4.78 is 86.9. The number of ether oxygens (including phenoxy) is 1. The van der Waals surface area contributed by atoms with Gasteiger partial charge in [-0.3, -0.25) is 4.98 Å². The monoisotopic (exact) mass is 492 g/mol. The van der Waals surface area contributed by atoms with Crippen molar-refractivity contribution in [2.24, 2.45) is 0 Å². The van der Waals surface area contributed by atoms with Gasteiger partial charge in [0, 0.05) is 12.7 Å². The highest BCUT2D eigenvalue weighted by atomic mass is 19.2. The van der Waals surface area contributed by atoms with E-state index in [4.69, 9.17) is 4.74 Å². The summed E-state index contributed by atoms with van der Waals surface area (Å²) in [6.07, 6.45) is 1.55. The molecule has 2 N–H and O–H groups in total. The standard InChI is InChI=1S/C22H14F6N6O/c23-12-5-3-4-11(8-12)9-30-20-32-21(31-10-13-6-1-2-7-29-13)34-22(33-20)35-19-17(27)15(25)14(24)16(26)18(19)28/h1-8H,9-10H2,(H2,30,31,32,33,34). The van der Waals surface area contributed by atoms with Crippen molar-refractivity contribution in [1.29, 1.82) is 0 Å². The van der Waals surface area contributed by atoms with E-state index in [1.807, 2.05) is 0 Å². The Labute approximate surface area is 193 Å². The Morgan fingerprint density at radius 3 is 1.97 bits per heavy atom. The van der Waals surface area contributed by atoms with E-state index in [2.05, 4.69) is 30.6 Å². The van der Waals surface area contributed by atoms with Crippen molar-refractivity contribution in [1.82, 2.24) is 19.9 Å². The van der Waals surface area contributed by atoms with Crippen LogP contribution in [0.15, 0.2) is 48.7 Å². The number of nitrogens with one attached hydrogen (secondary N) is 2. The first-order chi connectivity index (χ1) is 16.8. The van der Waals surface area contributed by atoms with Crippen molar-refractivity contribution in [2.75, 3.05) is 10.6 Å². The molecule has 0 radical (unpaired) electrons. The second-order valence-corrected chi connectivity index (χ2v) is 6.92. The third kappa shape index (κ3) is 5.57. The minimum absolute atomic E-state index is 0.0312. The van der Waals surface area contributed by atoms with Crippen LogP contribution in [0.1, 0.15) is 11.3 Å². The first kappa shape index (κ1) is 23.7. The van der Waals surface area contributed by atoms with Gasteiger partial charge >= 0.3 is 6.01 Å². The molecule has 35 heavy (non-hydrogen) atoms. The minimum Gasteiger partial charge on any atom is -0.418 e. The van der Waals surface area contributed by atoms with Crippen LogP contribution in [0.4, 0.5) is 38.2 Å². The molecule has 0 fully saturated rings. The number of hydrogen-bond acceptors (Lipinski definition) is 7. The van der Waals surface area contributed by atoms with Crippen LogP contribution in [0.2, 0.25) is 0 Å². The van der Waals surface area contributed by atoms with E-state index in [1.165, 1.54) is 18.2 Å². The molecule has 4 rings (SSSR count). The van der Waals surface area contributed by atoms with Crippen LogP contribution in [0.5, 0.6) is 11.8 Å². The van der Waals surface area contributed by atoms with E-state index >= 15 is 0 Å². The molecule has 7 nitrogen and oxygen atoms in total. The SMILES string of the molecule is Fc1cccc(CNc2nc(NCc3ccccn3)nc(Oc3c(F)c(F)c(F)c(F)c3F)n2)c1. The second-order valence-electron chi connectivity index (χ2n) is 6.92. The molecule has 0 unspecified atom stereocenters. The molecule has 13 heteroatoms. The predicted molar refractivity (Wildman–Crippen MR) is 111 cm³/mol. The van der Waals surface area contributed by atoms with Crippen molar-refractivity contribution in [2.45, 2.75) is 13.1 Å². The van der Waals surface area contributed by atoms with E-state index in [9.17, 15) is 26.3 Å². The second kappa shape index (κ2) is 10.2. The number of halogens is 6. The average Bonchev–Trinajstić information content (AvgIpc) is 2.87. The summed E-state index contributed by atoms with van der Waals surface area (Å²) in [6.45, 7) is 0.152. The highest BCUT2D eigenvalue weighted by Gasteiger charge is 2.28. The van der Waals surface area contributed by atoms with Gasteiger partial charge in [0.15, 0.2) is 0 Å².